The van der Waals surface area contributed by atoms with Gasteiger partial charge in [0, 0.05) is 19.3 Å². The zero-order valence-corrected chi connectivity index (χ0v) is 13.3. The highest BCUT2D eigenvalue weighted by Crippen LogP contribution is 2.16. The van der Waals surface area contributed by atoms with Gasteiger partial charge in [-0.25, -0.2) is 0 Å². The second kappa shape index (κ2) is 6.87. The summed E-state index contributed by atoms with van der Waals surface area (Å²) in [6, 6.07) is 20.1. The molecule has 0 aliphatic rings. The molecule has 1 heterocycles. The van der Waals surface area contributed by atoms with Gasteiger partial charge in [-0.1, -0.05) is 48.5 Å². The molecular formula is C18H19N5. The van der Waals surface area contributed by atoms with Crippen molar-refractivity contribution in [3.8, 4) is 0 Å². The number of aryl methyl sites for hydroxylation is 1. The predicted octanol–water partition coefficient (Wildman–Crippen LogP) is 3.56. The molecule has 0 aliphatic heterocycles. The fourth-order valence-corrected chi connectivity index (χ4v) is 2.27. The zero-order valence-electron chi connectivity index (χ0n) is 13.3. The lowest BCUT2D eigenvalue weighted by Gasteiger charge is -2.18. The van der Waals surface area contributed by atoms with Crippen molar-refractivity contribution in [2.75, 3.05) is 17.3 Å². The monoisotopic (exact) mass is 305 g/mol. The summed E-state index contributed by atoms with van der Waals surface area (Å²) in [5.41, 5.74) is 2.17. The van der Waals surface area contributed by atoms with Crippen LogP contribution in [0.15, 0.2) is 60.7 Å². The van der Waals surface area contributed by atoms with Crippen LogP contribution in [0.1, 0.15) is 11.4 Å². The second-order valence-corrected chi connectivity index (χ2v) is 5.34. The number of benzene rings is 2. The Morgan fingerprint density at radius 2 is 1.52 bits per heavy atom. The Balaban J connectivity index is 1.79. The largest absolute Gasteiger partial charge is 0.339 e. The normalized spacial score (nSPS) is 10.3. The highest BCUT2D eigenvalue weighted by atomic mass is 15.3. The zero-order chi connectivity index (χ0) is 16.1. The third kappa shape index (κ3) is 4.03. The average Bonchev–Trinajstić information content (AvgIpc) is 2.56. The molecule has 0 saturated carbocycles. The number of para-hydroxylation sites is 1. The van der Waals surface area contributed by atoms with E-state index >= 15 is 0 Å². The van der Waals surface area contributed by atoms with Crippen molar-refractivity contribution < 1.29 is 0 Å². The Hall–Kier alpha value is -2.95. The first-order valence-corrected chi connectivity index (χ1v) is 7.50. The highest BCUT2D eigenvalue weighted by Gasteiger charge is 2.09. The molecule has 1 aromatic heterocycles. The molecule has 0 spiro atoms. The van der Waals surface area contributed by atoms with E-state index < -0.39 is 0 Å². The number of nitrogens with zero attached hydrogens (tertiary/aromatic N) is 4. The van der Waals surface area contributed by atoms with Gasteiger partial charge in [-0.3, -0.25) is 0 Å². The summed E-state index contributed by atoms with van der Waals surface area (Å²) in [5.74, 6) is 1.90. The van der Waals surface area contributed by atoms with Crippen LogP contribution in [-0.4, -0.2) is 22.0 Å². The quantitative estimate of drug-likeness (QED) is 0.781. The van der Waals surface area contributed by atoms with Gasteiger partial charge in [-0.15, -0.1) is 0 Å². The summed E-state index contributed by atoms with van der Waals surface area (Å²) in [6.45, 7) is 2.62. The molecule has 0 aliphatic carbocycles. The molecule has 0 saturated heterocycles. The molecule has 3 aromatic rings. The third-order valence-electron chi connectivity index (χ3n) is 3.37. The van der Waals surface area contributed by atoms with Crippen LogP contribution in [0, 0.1) is 6.92 Å². The number of anilines is 3. The van der Waals surface area contributed by atoms with E-state index in [1.54, 1.807) is 0 Å². The summed E-state index contributed by atoms with van der Waals surface area (Å²) >= 11 is 0. The van der Waals surface area contributed by atoms with Gasteiger partial charge in [0.15, 0.2) is 0 Å². The number of hydrogen-bond donors (Lipinski definition) is 1. The number of nitrogens with one attached hydrogen (secondary N) is 1. The summed E-state index contributed by atoms with van der Waals surface area (Å²) in [4.78, 5) is 15.3. The first kappa shape index (κ1) is 15.0. The van der Waals surface area contributed by atoms with E-state index in [1.165, 1.54) is 5.56 Å². The van der Waals surface area contributed by atoms with Gasteiger partial charge in [0.05, 0.1) is 0 Å². The van der Waals surface area contributed by atoms with Crippen molar-refractivity contribution in [1.82, 2.24) is 15.0 Å². The number of aromatic nitrogens is 3. The fraction of sp³-hybridized carbons (Fsp3) is 0.167. The predicted molar refractivity (Wildman–Crippen MR) is 92.8 cm³/mol. The minimum Gasteiger partial charge on any atom is -0.339 e. The van der Waals surface area contributed by atoms with Crippen LogP contribution in [0.4, 0.5) is 17.6 Å². The van der Waals surface area contributed by atoms with Gasteiger partial charge in [-0.2, -0.15) is 15.0 Å². The van der Waals surface area contributed by atoms with Crippen LogP contribution in [0.2, 0.25) is 0 Å². The molecule has 5 heteroatoms. The van der Waals surface area contributed by atoms with Crippen molar-refractivity contribution in [3.63, 3.8) is 0 Å². The topological polar surface area (TPSA) is 53.9 Å². The van der Waals surface area contributed by atoms with E-state index in [9.17, 15) is 0 Å². The van der Waals surface area contributed by atoms with Crippen molar-refractivity contribution in [2.45, 2.75) is 13.5 Å². The molecule has 0 unspecified atom stereocenters. The molecule has 116 valence electrons. The molecule has 3 rings (SSSR count). The lowest BCUT2D eigenvalue weighted by atomic mass is 10.2. The van der Waals surface area contributed by atoms with Crippen molar-refractivity contribution in [1.29, 1.82) is 0 Å². The van der Waals surface area contributed by atoms with Crippen LogP contribution >= 0.6 is 0 Å². The van der Waals surface area contributed by atoms with Crippen LogP contribution in [0.5, 0.6) is 0 Å². The van der Waals surface area contributed by atoms with Gasteiger partial charge in [-0.05, 0) is 24.6 Å². The van der Waals surface area contributed by atoms with E-state index in [0.29, 0.717) is 17.7 Å². The summed E-state index contributed by atoms with van der Waals surface area (Å²) in [7, 11) is 1.98. The Morgan fingerprint density at radius 3 is 2.22 bits per heavy atom. The number of hydrogen-bond acceptors (Lipinski definition) is 5. The molecule has 0 bridgehead atoms. The first-order valence-electron chi connectivity index (χ1n) is 7.50. The lowest BCUT2D eigenvalue weighted by molar-refractivity contribution is 0.841. The summed E-state index contributed by atoms with van der Waals surface area (Å²) in [5, 5.41) is 3.21. The van der Waals surface area contributed by atoms with Gasteiger partial charge in [0.2, 0.25) is 11.9 Å². The van der Waals surface area contributed by atoms with Crippen LogP contribution in [0.25, 0.3) is 0 Å². The molecule has 0 radical (unpaired) electrons. The van der Waals surface area contributed by atoms with Crippen molar-refractivity contribution in [2.24, 2.45) is 0 Å². The van der Waals surface area contributed by atoms with Crippen LogP contribution in [0.3, 0.4) is 0 Å². The molecule has 0 amide bonds. The van der Waals surface area contributed by atoms with Gasteiger partial charge in [0.1, 0.15) is 5.82 Å². The van der Waals surface area contributed by atoms with Gasteiger partial charge in [0.25, 0.3) is 0 Å². The minimum atomic E-state index is 0.554. The van der Waals surface area contributed by atoms with Crippen LogP contribution in [-0.2, 0) is 6.54 Å². The minimum absolute atomic E-state index is 0.554. The van der Waals surface area contributed by atoms with Gasteiger partial charge >= 0.3 is 0 Å². The Bertz CT molecular complexity index is 759. The van der Waals surface area contributed by atoms with E-state index in [-0.39, 0.29) is 0 Å². The first-order chi connectivity index (χ1) is 11.2. The Kier molecular flexibility index (Phi) is 4.47. The number of rotatable bonds is 5. The molecule has 0 fully saturated rings. The molecule has 1 N–H and O–H groups in total. The summed E-state index contributed by atoms with van der Waals surface area (Å²) < 4.78 is 0. The Labute approximate surface area is 136 Å². The second-order valence-electron chi connectivity index (χ2n) is 5.34. The smallest absolute Gasteiger partial charge is 0.232 e. The van der Waals surface area contributed by atoms with Crippen LogP contribution < -0.4 is 10.2 Å². The standard InChI is InChI=1S/C18H19N5/c1-14-19-17(21-16-11-7-4-8-12-16)22-18(20-14)23(2)13-15-9-5-3-6-10-15/h3-12H,13H2,1-2H3,(H,19,20,21,22). The maximum atomic E-state index is 4.52. The maximum absolute atomic E-state index is 4.52. The maximum Gasteiger partial charge on any atom is 0.232 e. The van der Waals surface area contributed by atoms with E-state index in [1.807, 2.05) is 67.4 Å². The van der Waals surface area contributed by atoms with Crippen molar-refractivity contribution in [3.05, 3.63) is 72.1 Å². The highest BCUT2D eigenvalue weighted by molar-refractivity contribution is 5.53. The fourth-order valence-electron chi connectivity index (χ4n) is 2.27. The lowest BCUT2D eigenvalue weighted by Crippen LogP contribution is -2.20. The molecular weight excluding hydrogens is 286 g/mol. The molecule has 0 atom stereocenters. The molecule has 23 heavy (non-hydrogen) atoms. The third-order valence-corrected chi connectivity index (χ3v) is 3.37. The molecule has 2 aromatic carbocycles. The molecule has 5 nitrogen and oxygen atoms in total. The Morgan fingerprint density at radius 1 is 0.870 bits per heavy atom. The SMILES string of the molecule is Cc1nc(Nc2ccccc2)nc(N(C)Cc2ccccc2)n1. The average molecular weight is 305 g/mol. The van der Waals surface area contributed by atoms with E-state index in [4.69, 9.17) is 0 Å². The van der Waals surface area contributed by atoms with E-state index in [2.05, 4.69) is 32.4 Å². The van der Waals surface area contributed by atoms with Gasteiger partial charge < -0.3 is 10.2 Å². The van der Waals surface area contributed by atoms with Crippen molar-refractivity contribution >= 4 is 17.6 Å². The van der Waals surface area contributed by atoms with E-state index in [0.717, 1.165) is 12.2 Å². The summed E-state index contributed by atoms with van der Waals surface area (Å²) in [6.07, 6.45) is 0.